The van der Waals surface area contributed by atoms with Gasteiger partial charge in [0, 0.05) is 28.6 Å². The average molecular weight is 470 g/mol. The molecule has 1 N–H and O–H groups in total. The molecule has 11 heteroatoms. The maximum atomic E-state index is 12.6. The van der Waals surface area contributed by atoms with E-state index in [1.54, 1.807) is 12.1 Å². The van der Waals surface area contributed by atoms with Crippen LogP contribution in [-0.4, -0.2) is 40.9 Å². The van der Waals surface area contributed by atoms with E-state index in [1.807, 2.05) is 0 Å². The third-order valence-electron chi connectivity index (χ3n) is 4.58. The number of rotatable bonds is 6. The van der Waals surface area contributed by atoms with Crippen LogP contribution in [0.3, 0.4) is 0 Å². The number of carbonyl (C=O) groups is 1. The summed E-state index contributed by atoms with van der Waals surface area (Å²) in [5, 5.41) is 0.453. The Kier molecular flexibility index (Phi) is 6.51. The van der Waals surface area contributed by atoms with Crippen LogP contribution in [0.1, 0.15) is 17.5 Å². The SMILES string of the molecule is O=C(CNS(=O)(=O)c1ccc2c(c1)OCCCO2)OCc1cc(Cl)cc2c1OCOC2. The van der Waals surface area contributed by atoms with Crippen LogP contribution in [-0.2, 0) is 37.5 Å². The smallest absolute Gasteiger partial charge is 0.321 e. The van der Waals surface area contributed by atoms with Crippen molar-refractivity contribution in [1.82, 2.24) is 4.72 Å². The molecule has 31 heavy (non-hydrogen) atoms. The highest BCUT2D eigenvalue weighted by Crippen LogP contribution is 2.33. The van der Waals surface area contributed by atoms with Crippen LogP contribution in [0.5, 0.6) is 17.2 Å². The van der Waals surface area contributed by atoms with Gasteiger partial charge in [-0.15, -0.1) is 0 Å². The first-order valence-corrected chi connectivity index (χ1v) is 11.4. The maximum absolute atomic E-state index is 12.6. The number of sulfonamides is 1. The first-order chi connectivity index (χ1) is 14.9. The lowest BCUT2D eigenvalue weighted by Crippen LogP contribution is -2.30. The van der Waals surface area contributed by atoms with Crippen molar-refractivity contribution in [3.8, 4) is 17.2 Å². The summed E-state index contributed by atoms with van der Waals surface area (Å²) in [5.74, 6) is 0.626. The summed E-state index contributed by atoms with van der Waals surface area (Å²) in [4.78, 5) is 12.1. The van der Waals surface area contributed by atoms with Gasteiger partial charge in [-0.05, 0) is 24.3 Å². The van der Waals surface area contributed by atoms with E-state index in [2.05, 4.69) is 4.72 Å². The molecule has 0 bridgehead atoms. The van der Waals surface area contributed by atoms with Gasteiger partial charge in [0.25, 0.3) is 0 Å². The Morgan fingerprint density at radius 3 is 2.74 bits per heavy atom. The second kappa shape index (κ2) is 9.31. The van der Waals surface area contributed by atoms with Crippen molar-refractivity contribution in [2.75, 3.05) is 26.6 Å². The molecule has 0 unspecified atom stereocenters. The molecule has 0 radical (unpaired) electrons. The third kappa shape index (κ3) is 5.21. The van der Waals surface area contributed by atoms with E-state index < -0.39 is 22.5 Å². The van der Waals surface area contributed by atoms with Crippen molar-refractivity contribution >= 4 is 27.6 Å². The van der Waals surface area contributed by atoms with Crippen LogP contribution in [0, 0.1) is 0 Å². The highest BCUT2D eigenvalue weighted by molar-refractivity contribution is 7.89. The highest BCUT2D eigenvalue weighted by Gasteiger charge is 2.21. The molecule has 2 heterocycles. The Labute approximate surface area is 184 Å². The molecular weight excluding hydrogens is 450 g/mol. The number of ether oxygens (including phenoxy) is 5. The van der Waals surface area contributed by atoms with Crippen molar-refractivity contribution < 1.29 is 36.9 Å². The third-order valence-corrected chi connectivity index (χ3v) is 6.19. The molecule has 166 valence electrons. The van der Waals surface area contributed by atoms with Crippen LogP contribution in [0.25, 0.3) is 0 Å². The first kappa shape index (κ1) is 21.7. The Bertz CT molecular complexity index is 1090. The zero-order valence-corrected chi connectivity index (χ0v) is 18.0. The molecule has 9 nitrogen and oxygen atoms in total. The summed E-state index contributed by atoms with van der Waals surface area (Å²) >= 11 is 6.08. The van der Waals surface area contributed by atoms with Crippen molar-refractivity contribution in [3.63, 3.8) is 0 Å². The Hall–Kier alpha value is -2.53. The van der Waals surface area contributed by atoms with Gasteiger partial charge in [0.15, 0.2) is 18.3 Å². The summed E-state index contributed by atoms with van der Waals surface area (Å²) in [5.41, 5.74) is 1.32. The van der Waals surface area contributed by atoms with Gasteiger partial charge in [0.1, 0.15) is 18.9 Å². The lowest BCUT2D eigenvalue weighted by Gasteiger charge is -2.21. The van der Waals surface area contributed by atoms with Crippen LogP contribution in [0.15, 0.2) is 35.2 Å². The molecule has 0 aromatic heterocycles. The summed E-state index contributed by atoms with van der Waals surface area (Å²) in [6, 6.07) is 7.62. The lowest BCUT2D eigenvalue weighted by atomic mass is 10.1. The molecule has 2 aliphatic rings. The lowest BCUT2D eigenvalue weighted by molar-refractivity contribution is -0.143. The van der Waals surface area contributed by atoms with Gasteiger partial charge >= 0.3 is 5.97 Å². The normalized spacial score (nSPS) is 15.4. The van der Waals surface area contributed by atoms with E-state index in [0.717, 1.165) is 5.56 Å². The molecule has 2 aliphatic heterocycles. The van der Waals surface area contributed by atoms with Crippen molar-refractivity contribution in [1.29, 1.82) is 0 Å². The minimum absolute atomic E-state index is 0.0399. The molecular formula is C20H20ClNO8S. The monoisotopic (exact) mass is 469 g/mol. The minimum Gasteiger partial charge on any atom is -0.490 e. The van der Waals surface area contributed by atoms with Crippen LogP contribution in [0.2, 0.25) is 5.02 Å². The number of hydrogen-bond donors (Lipinski definition) is 1. The van der Waals surface area contributed by atoms with E-state index in [1.165, 1.54) is 18.2 Å². The molecule has 0 spiro atoms. The summed E-state index contributed by atoms with van der Waals surface area (Å²) in [7, 11) is -3.95. The number of esters is 1. The van der Waals surface area contributed by atoms with Gasteiger partial charge in [-0.25, -0.2) is 8.42 Å². The van der Waals surface area contributed by atoms with Crippen LogP contribution in [0.4, 0.5) is 0 Å². The fraction of sp³-hybridized carbons (Fsp3) is 0.350. The van der Waals surface area contributed by atoms with Crippen molar-refractivity contribution in [2.24, 2.45) is 0 Å². The number of benzene rings is 2. The number of nitrogens with one attached hydrogen (secondary N) is 1. The first-order valence-electron chi connectivity index (χ1n) is 9.49. The Morgan fingerprint density at radius 2 is 1.90 bits per heavy atom. The quantitative estimate of drug-likeness (QED) is 0.642. The zero-order chi connectivity index (χ0) is 21.8. The predicted molar refractivity (Wildman–Crippen MR) is 109 cm³/mol. The number of fused-ring (bicyclic) bond motifs is 2. The topological polar surface area (TPSA) is 109 Å². The summed E-state index contributed by atoms with van der Waals surface area (Å²) in [6.07, 6.45) is 0.703. The van der Waals surface area contributed by atoms with E-state index in [9.17, 15) is 13.2 Å². The Balaban J connectivity index is 1.37. The van der Waals surface area contributed by atoms with Gasteiger partial charge < -0.3 is 23.7 Å². The largest absolute Gasteiger partial charge is 0.490 e. The Morgan fingerprint density at radius 1 is 1.10 bits per heavy atom. The van der Waals surface area contributed by atoms with Crippen LogP contribution < -0.4 is 18.9 Å². The standard InChI is InChI=1S/C20H20ClNO8S/c21-15-6-13-10-26-12-30-20(13)14(7-15)11-29-19(23)9-22-31(24,25)16-2-3-17-18(8-16)28-5-1-4-27-17/h2-3,6-8,22H,1,4-5,9-12H2. The molecule has 4 rings (SSSR count). The fourth-order valence-corrected chi connectivity index (χ4v) is 4.37. The zero-order valence-electron chi connectivity index (χ0n) is 16.4. The molecule has 0 fully saturated rings. The maximum Gasteiger partial charge on any atom is 0.321 e. The molecule has 0 saturated carbocycles. The number of carbonyl (C=O) groups excluding carboxylic acids is 1. The van der Waals surface area contributed by atoms with E-state index in [4.69, 9.17) is 35.3 Å². The van der Waals surface area contributed by atoms with Gasteiger partial charge in [0.2, 0.25) is 10.0 Å². The van der Waals surface area contributed by atoms with Gasteiger partial charge in [-0.1, -0.05) is 11.6 Å². The van der Waals surface area contributed by atoms with E-state index >= 15 is 0 Å². The van der Waals surface area contributed by atoms with E-state index in [-0.39, 0.29) is 18.3 Å². The molecule has 2 aromatic rings. The number of hydrogen-bond acceptors (Lipinski definition) is 8. The molecule has 0 amide bonds. The molecule has 2 aromatic carbocycles. The van der Waals surface area contributed by atoms with Crippen molar-refractivity contribution in [3.05, 3.63) is 46.5 Å². The molecule has 0 aliphatic carbocycles. The average Bonchev–Trinajstić information content (AvgIpc) is 3.01. The molecule has 0 saturated heterocycles. The van der Waals surface area contributed by atoms with Gasteiger partial charge in [0.05, 0.1) is 24.7 Å². The number of halogens is 1. The van der Waals surface area contributed by atoms with Crippen LogP contribution >= 0.6 is 11.6 Å². The summed E-state index contributed by atoms with van der Waals surface area (Å²) in [6.45, 7) is 0.699. The summed E-state index contributed by atoms with van der Waals surface area (Å²) < 4.78 is 54.2. The van der Waals surface area contributed by atoms with Gasteiger partial charge in [-0.3, -0.25) is 4.79 Å². The fourth-order valence-electron chi connectivity index (χ4n) is 3.12. The van der Waals surface area contributed by atoms with Gasteiger partial charge in [-0.2, -0.15) is 4.72 Å². The highest BCUT2D eigenvalue weighted by atomic mass is 35.5. The molecule has 0 atom stereocenters. The predicted octanol–water partition coefficient (Wildman–Crippen LogP) is 2.39. The van der Waals surface area contributed by atoms with Crippen molar-refractivity contribution in [2.45, 2.75) is 24.5 Å². The second-order valence-corrected chi connectivity index (χ2v) is 9.01. The van der Waals surface area contributed by atoms with E-state index in [0.29, 0.717) is 54.1 Å². The second-order valence-electron chi connectivity index (χ2n) is 6.81. The minimum atomic E-state index is -3.95.